The summed E-state index contributed by atoms with van der Waals surface area (Å²) in [5.74, 6) is -0.519. The van der Waals surface area contributed by atoms with E-state index in [9.17, 15) is 14.7 Å². The maximum atomic E-state index is 13.2. The van der Waals surface area contributed by atoms with Gasteiger partial charge in [0.25, 0.3) is 11.7 Å². The molecule has 34 heavy (non-hydrogen) atoms. The molecule has 0 bridgehead atoms. The summed E-state index contributed by atoms with van der Waals surface area (Å²) in [4.78, 5) is 32.0. The van der Waals surface area contributed by atoms with Crippen LogP contribution < -0.4 is 14.4 Å². The molecule has 1 N–H and O–H groups in total. The Labute approximate surface area is 198 Å². The minimum absolute atomic E-state index is 0.000439. The van der Waals surface area contributed by atoms with Gasteiger partial charge in [-0.25, -0.2) is 0 Å². The molecule has 1 atom stereocenters. The largest absolute Gasteiger partial charge is 0.507 e. The molecule has 1 unspecified atom stereocenters. The number of hydrogen-bond donors (Lipinski definition) is 1. The van der Waals surface area contributed by atoms with E-state index in [0.29, 0.717) is 41.5 Å². The van der Waals surface area contributed by atoms with Crippen molar-refractivity contribution in [1.82, 2.24) is 4.98 Å². The van der Waals surface area contributed by atoms with Gasteiger partial charge in [-0.1, -0.05) is 25.1 Å². The van der Waals surface area contributed by atoms with Crippen LogP contribution in [-0.2, 0) is 9.59 Å². The lowest BCUT2D eigenvalue weighted by Gasteiger charge is -2.25. The average molecular weight is 459 g/mol. The molecule has 174 valence electrons. The van der Waals surface area contributed by atoms with Crippen molar-refractivity contribution in [2.45, 2.75) is 26.3 Å². The van der Waals surface area contributed by atoms with Crippen molar-refractivity contribution < 1.29 is 24.2 Å². The zero-order chi connectivity index (χ0) is 24.1. The number of Topliss-reactive ketones (excluding diaryl/α,β-unsaturated/α-hetero) is 1. The van der Waals surface area contributed by atoms with Crippen LogP contribution in [0.2, 0.25) is 0 Å². The van der Waals surface area contributed by atoms with E-state index in [0.717, 1.165) is 6.42 Å². The molecule has 1 aliphatic heterocycles. The molecule has 1 aromatic heterocycles. The molecular weight excluding hydrogens is 432 g/mol. The van der Waals surface area contributed by atoms with Crippen molar-refractivity contribution in [3.05, 3.63) is 89.8 Å². The first-order valence-corrected chi connectivity index (χ1v) is 11.2. The van der Waals surface area contributed by atoms with Gasteiger partial charge in [0.15, 0.2) is 0 Å². The zero-order valence-corrected chi connectivity index (χ0v) is 19.1. The Morgan fingerprint density at radius 2 is 1.79 bits per heavy atom. The summed E-state index contributed by atoms with van der Waals surface area (Å²) < 4.78 is 11.2. The summed E-state index contributed by atoms with van der Waals surface area (Å²) in [7, 11) is 0. The first-order chi connectivity index (χ1) is 16.5. The second kappa shape index (κ2) is 10.2. The van der Waals surface area contributed by atoms with Gasteiger partial charge in [-0.15, -0.1) is 0 Å². The lowest BCUT2D eigenvalue weighted by Crippen LogP contribution is -2.29. The van der Waals surface area contributed by atoms with Gasteiger partial charge in [0, 0.05) is 23.6 Å². The molecular formula is C27H26N2O5. The quantitative estimate of drug-likeness (QED) is 0.294. The number of carbonyl (C=O) groups is 2. The highest BCUT2D eigenvalue weighted by molar-refractivity contribution is 6.51. The standard InChI is InChI=1S/C27H26N2O5/c1-3-15-34-22-9-5-7-18(16-22)25(30)23-24(19-8-6-14-28-17-19)29(27(32)26(23)31)20-10-12-21(13-11-20)33-4-2/h5-14,16-17,24,30H,3-4,15H2,1-2H3/b25-23-. The van der Waals surface area contributed by atoms with Crippen molar-refractivity contribution in [2.75, 3.05) is 18.1 Å². The van der Waals surface area contributed by atoms with Crippen molar-refractivity contribution in [3.63, 3.8) is 0 Å². The van der Waals surface area contributed by atoms with Gasteiger partial charge in [0.1, 0.15) is 17.3 Å². The van der Waals surface area contributed by atoms with Gasteiger partial charge in [-0.05, 0) is 61.4 Å². The van der Waals surface area contributed by atoms with E-state index in [4.69, 9.17) is 9.47 Å². The van der Waals surface area contributed by atoms with Gasteiger partial charge in [0.05, 0.1) is 24.8 Å². The number of aliphatic hydroxyl groups excluding tert-OH is 1. The molecule has 2 aromatic carbocycles. The Hall–Kier alpha value is -4.13. The summed E-state index contributed by atoms with van der Waals surface area (Å²) in [5, 5.41) is 11.3. The van der Waals surface area contributed by atoms with Gasteiger partial charge >= 0.3 is 0 Å². The Kier molecular flexibility index (Phi) is 6.92. The average Bonchev–Trinajstić information content (AvgIpc) is 3.14. The van der Waals surface area contributed by atoms with Gasteiger partial charge in [0.2, 0.25) is 0 Å². The second-order valence-corrected chi connectivity index (χ2v) is 7.76. The number of aromatic nitrogens is 1. The van der Waals surface area contributed by atoms with E-state index < -0.39 is 17.7 Å². The fourth-order valence-corrected chi connectivity index (χ4v) is 3.93. The van der Waals surface area contributed by atoms with Crippen LogP contribution >= 0.6 is 0 Å². The zero-order valence-electron chi connectivity index (χ0n) is 19.1. The molecule has 0 aliphatic carbocycles. The highest BCUT2D eigenvalue weighted by Gasteiger charge is 2.47. The summed E-state index contributed by atoms with van der Waals surface area (Å²) >= 11 is 0. The molecule has 0 saturated carbocycles. The Bertz CT molecular complexity index is 1210. The van der Waals surface area contributed by atoms with Crippen LogP contribution in [0.3, 0.4) is 0 Å². The van der Waals surface area contributed by atoms with E-state index >= 15 is 0 Å². The molecule has 1 amide bonds. The summed E-state index contributed by atoms with van der Waals surface area (Å²) in [6, 6.07) is 16.5. The highest BCUT2D eigenvalue weighted by atomic mass is 16.5. The monoisotopic (exact) mass is 458 g/mol. The maximum Gasteiger partial charge on any atom is 0.300 e. The number of amides is 1. The van der Waals surface area contributed by atoms with Crippen LogP contribution in [0, 0.1) is 0 Å². The number of nitrogens with zero attached hydrogens (tertiary/aromatic N) is 2. The Morgan fingerprint density at radius 1 is 1.00 bits per heavy atom. The van der Waals surface area contributed by atoms with Crippen LogP contribution in [0.15, 0.2) is 78.6 Å². The van der Waals surface area contributed by atoms with Gasteiger partial charge < -0.3 is 14.6 Å². The van der Waals surface area contributed by atoms with Crippen molar-refractivity contribution >= 4 is 23.1 Å². The summed E-state index contributed by atoms with van der Waals surface area (Å²) in [6.07, 6.45) is 4.04. The minimum atomic E-state index is -0.841. The third-order valence-electron chi connectivity index (χ3n) is 5.45. The predicted molar refractivity (Wildman–Crippen MR) is 129 cm³/mol. The Morgan fingerprint density at radius 3 is 2.47 bits per heavy atom. The van der Waals surface area contributed by atoms with Gasteiger partial charge in [-0.3, -0.25) is 19.5 Å². The normalized spacial score (nSPS) is 17.1. The van der Waals surface area contributed by atoms with Crippen molar-refractivity contribution in [3.8, 4) is 11.5 Å². The van der Waals surface area contributed by atoms with Crippen LogP contribution in [0.1, 0.15) is 37.4 Å². The smallest absolute Gasteiger partial charge is 0.300 e. The molecule has 1 fully saturated rings. The third kappa shape index (κ3) is 4.50. The van der Waals surface area contributed by atoms with E-state index in [1.807, 2.05) is 13.8 Å². The SMILES string of the molecule is CCCOc1cccc(/C(O)=C2/C(=O)C(=O)N(c3ccc(OCC)cc3)C2c2cccnc2)c1. The molecule has 3 aromatic rings. The number of aliphatic hydroxyl groups is 1. The van der Waals surface area contributed by atoms with Crippen LogP contribution in [0.25, 0.3) is 5.76 Å². The van der Waals surface area contributed by atoms with Crippen LogP contribution in [-0.4, -0.2) is 35.0 Å². The van der Waals surface area contributed by atoms with Gasteiger partial charge in [-0.2, -0.15) is 0 Å². The first kappa shape index (κ1) is 23.0. The number of pyridine rings is 1. The lowest BCUT2D eigenvalue weighted by molar-refractivity contribution is -0.132. The molecule has 0 spiro atoms. The number of anilines is 1. The molecule has 1 saturated heterocycles. The number of carbonyl (C=O) groups excluding carboxylic acids is 2. The van der Waals surface area contributed by atoms with E-state index in [-0.39, 0.29) is 11.3 Å². The molecule has 7 nitrogen and oxygen atoms in total. The number of ketones is 1. The molecule has 4 rings (SSSR count). The Balaban J connectivity index is 1.83. The lowest BCUT2D eigenvalue weighted by atomic mass is 9.96. The topological polar surface area (TPSA) is 89.0 Å². The fraction of sp³-hybridized carbons (Fsp3) is 0.222. The fourth-order valence-electron chi connectivity index (χ4n) is 3.93. The van der Waals surface area contributed by atoms with Crippen LogP contribution in [0.4, 0.5) is 5.69 Å². The molecule has 0 radical (unpaired) electrons. The molecule has 7 heteroatoms. The molecule has 1 aliphatic rings. The van der Waals surface area contributed by atoms with E-state index in [1.54, 1.807) is 73.1 Å². The highest BCUT2D eigenvalue weighted by Crippen LogP contribution is 2.42. The first-order valence-electron chi connectivity index (χ1n) is 11.2. The van der Waals surface area contributed by atoms with Crippen molar-refractivity contribution in [1.29, 1.82) is 0 Å². The number of rotatable bonds is 8. The second-order valence-electron chi connectivity index (χ2n) is 7.76. The summed E-state index contributed by atoms with van der Waals surface area (Å²) in [5.41, 5.74) is 1.51. The number of hydrogen-bond acceptors (Lipinski definition) is 6. The maximum absolute atomic E-state index is 13.2. The van der Waals surface area contributed by atoms with E-state index in [1.165, 1.54) is 4.90 Å². The summed E-state index contributed by atoms with van der Waals surface area (Å²) in [6.45, 7) is 4.93. The van der Waals surface area contributed by atoms with Crippen LogP contribution in [0.5, 0.6) is 11.5 Å². The third-order valence-corrected chi connectivity index (χ3v) is 5.45. The molecule has 2 heterocycles. The van der Waals surface area contributed by atoms with Crippen molar-refractivity contribution in [2.24, 2.45) is 0 Å². The van der Waals surface area contributed by atoms with E-state index in [2.05, 4.69) is 4.98 Å². The minimum Gasteiger partial charge on any atom is -0.507 e. The number of ether oxygens (including phenoxy) is 2. The predicted octanol–water partition coefficient (Wildman–Crippen LogP) is 4.90. The number of benzene rings is 2.